The second-order valence-electron chi connectivity index (χ2n) is 5.74. The van der Waals surface area contributed by atoms with Crippen LogP contribution in [-0.4, -0.2) is 19.4 Å². The first-order valence-corrected chi connectivity index (χ1v) is 9.80. The maximum Gasteiger partial charge on any atom is 0.269 e. The molecular weight excluding hydrogens is 407 g/mol. The molecule has 0 aliphatic rings. The number of nitrogens with one attached hydrogen (secondary N) is 2. The highest BCUT2D eigenvalue weighted by Crippen LogP contribution is 2.28. The molecule has 0 spiro atoms. The Morgan fingerprint density at radius 2 is 1.68 bits per heavy atom. The highest BCUT2D eigenvalue weighted by molar-refractivity contribution is 7.89. The smallest absolute Gasteiger partial charge is 0.269 e. The van der Waals surface area contributed by atoms with Gasteiger partial charge in [-0.15, -0.1) is 4.83 Å². The summed E-state index contributed by atoms with van der Waals surface area (Å²) in [7, 11) is -4.17. The molecule has 6 nitrogen and oxygen atoms in total. The highest BCUT2D eigenvalue weighted by atomic mass is 35.5. The number of hydrogen-bond acceptors (Lipinski definition) is 4. The fourth-order valence-electron chi connectivity index (χ4n) is 2.44. The number of hydrogen-bond donors (Lipinski definition) is 3. The minimum Gasteiger partial charge on any atom is -0.508 e. The molecule has 144 valence electrons. The molecule has 0 radical (unpaired) electrons. The molecular formula is C19H14ClFN2O4S. The highest BCUT2D eigenvalue weighted by Gasteiger charge is 2.20. The predicted octanol–water partition coefficient (Wildman–Crippen LogP) is 3.48. The minimum absolute atomic E-state index is 0.261. The standard InChI is InChI=1S/C19H14ClFN2O4S/c20-17-10-13(12-5-2-1-3-6-12)9-16(18(17)21)19(25)22-23-28(26,27)15-8-4-7-14(24)11-15/h1-11,23-24H,(H,22,25). The van der Waals surface area contributed by atoms with Crippen LogP contribution in [-0.2, 0) is 10.0 Å². The summed E-state index contributed by atoms with van der Waals surface area (Å²) in [5.41, 5.74) is 2.72. The molecule has 0 fully saturated rings. The lowest BCUT2D eigenvalue weighted by atomic mass is 10.0. The zero-order valence-electron chi connectivity index (χ0n) is 14.2. The SMILES string of the molecule is O=C(NNS(=O)(=O)c1cccc(O)c1)c1cc(-c2ccccc2)cc(Cl)c1F. The lowest BCUT2D eigenvalue weighted by Crippen LogP contribution is -2.41. The number of amides is 1. The molecule has 0 aliphatic carbocycles. The summed E-state index contributed by atoms with van der Waals surface area (Å²) in [6.07, 6.45) is 0. The molecule has 3 rings (SSSR count). The van der Waals surface area contributed by atoms with E-state index in [9.17, 15) is 22.7 Å². The summed E-state index contributed by atoms with van der Waals surface area (Å²) in [5, 5.41) is 9.12. The summed E-state index contributed by atoms with van der Waals surface area (Å²) in [5.74, 6) is -2.26. The molecule has 0 heterocycles. The van der Waals surface area contributed by atoms with Crippen LogP contribution >= 0.6 is 11.6 Å². The van der Waals surface area contributed by atoms with Gasteiger partial charge >= 0.3 is 0 Å². The van der Waals surface area contributed by atoms with Gasteiger partial charge in [0.05, 0.1) is 15.5 Å². The van der Waals surface area contributed by atoms with Crippen molar-refractivity contribution in [3.05, 3.63) is 83.1 Å². The Hall–Kier alpha value is -2.94. The first-order valence-electron chi connectivity index (χ1n) is 7.93. The van der Waals surface area contributed by atoms with Crippen molar-refractivity contribution in [3.8, 4) is 16.9 Å². The molecule has 0 saturated carbocycles. The number of halogens is 2. The van der Waals surface area contributed by atoms with Gasteiger partial charge in [0.15, 0.2) is 5.82 Å². The molecule has 0 saturated heterocycles. The average Bonchev–Trinajstić information content (AvgIpc) is 2.69. The van der Waals surface area contributed by atoms with Crippen LogP contribution in [0.15, 0.2) is 71.6 Å². The topological polar surface area (TPSA) is 95.5 Å². The first kappa shape index (κ1) is 19.8. The first-order chi connectivity index (χ1) is 13.3. The zero-order valence-corrected chi connectivity index (χ0v) is 15.8. The van der Waals surface area contributed by atoms with Crippen molar-refractivity contribution in [2.45, 2.75) is 4.90 Å². The maximum absolute atomic E-state index is 14.3. The Morgan fingerprint density at radius 1 is 0.964 bits per heavy atom. The van der Waals surface area contributed by atoms with Crippen molar-refractivity contribution in [3.63, 3.8) is 0 Å². The number of phenolic OH excluding ortho intramolecular Hbond substituents is 1. The molecule has 9 heteroatoms. The van der Waals surface area contributed by atoms with Gasteiger partial charge in [-0.25, -0.2) is 12.8 Å². The van der Waals surface area contributed by atoms with E-state index in [2.05, 4.69) is 0 Å². The maximum atomic E-state index is 14.3. The van der Waals surface area contributed by atoms with Crippen molar-refractivity contribution in [2.24, 2.45) is 0 Å². The predicted molar refractivity (Wildman–Crippen MR) is 103 cm³/mol. The summed E-state index contributed by atoms with van der Waals surface area (Å²) in [6.45, 7) is 0. The van der Waals surface area contributed by atoms with Gasteiger partial charge in [-0.1, -0.05) is 48.0 Å². The van der Waals surface area contributed by atoms with E-state index in [-0.39, 0.29) is 15.7 Å². The van der Waals surface area contributed by atoms with Gasteiger partial charge < -0.3 is 5.11 Å². The number of carbonyl (C=O) groups is 1. The Morgan fingerprint density at radius 3 is 2.36 bits per heavy atom. The van der Waals surface area contributed by atoms with Crippen LogP contribution in [0.2, 0.25) is 5.02 Å². The molecule has 0 bridgehead atoms. The number of phenols is 1. The third-order valence-corrected chi connectivity index (χ3v) is 5.33. The lowest BCUT2D eigenvalue weighted by molar-refractivity contribution is 0.0941. The summed E-state index contributed by atoms with van der Waals surface area (Å²) < 4.78 is 38.7. The largest absolute Gasteiger partial charge is 0.508 e. The fraction of sp³-hybridized carbons (Fsp3) is 0. The molecule has 0 aromatic heterocycles. The summed E-state index contributed by atoms with van der Waals surface area (Å²) >= 11 is 5.89. The number of sulfonamides is 1. The van der Waals surface area contributed by atoms with E-state index in [0.717, 1.165) is 6.07 Å². The van der Waals surface area contributed by atoms with Gasteiger partial charge in [0.25, 0.3) is 15.9 Å². The molecule has 28 heavy (non-hydrogen) atoms. The number of carbonyl (C=O) groups excluding carboxylic acids is 1. The van der Waals surface area contributed by atoms with Gasteiger partial charge in [0.2, 0.25) is 0 Å². The van der Waals surface area contributed by atoms with Gasteiger partial charge in [0.1, 0.15) is 5.75 Å². The van der Waals surface area contributed by atoms with E-state index >= 15 is 0 Å². The second kappa shape index (κ2) is 7.97. The monoisotopic (exact) mass is 420 g/mol. The quantitative estimate of drug-likeness (QED) is 0.551. The number of aromatic hydroxyl groups is 1. The Kier molecular flexibility index (Phi) is 5.64. The van der Waals surface area contributed by atoms with Gasteiger partial charge in [0, 0.05) is 0 Å². The molecule has 3 aromatic carbocycles. The number of hydrazine groups is 1. The average molecular weight is 421 g/mol. The molecule has 3 aromatic rings. The van der Waals surface area contributed by atoms with Crippen molar-refractivity contribution in [2.75, 3.05) is 0 Å². The van der Waals surface area contributed by atoms with Gasteiger partial charge in [-0.3, -0.25) is 10.2 Å². The van der Waals surface area contributed by atoms with Crippen LogP contribution in [0.3, 0.4) is 0 Å². The summed E-state index contributed by atoms with van der Waals surface area (Å²) in [6, 6.07) is 16.4. The second-order valence-corrected chi connectivity index (χ2v) is 7.83. The van der Waals surface area contributed by atoms with Crippen molar-refractivity contribution in [1.82, 2.24) is 10.3 Å². The van der Waals surface area contributed by atoms with Gasteiger partial charge in [-0.2, -0.15) is 0 Å². The van der Waals surface area contributed by atoms with Crippen molar-refractivity contribution in [1.29, 1.82) is 0 Å². The molecule has 0 aliphatic heterocycles. The minimum atomic E-state index is -4.17. The normalized spacial score (nSPS) is 11.2. The molecule has 3 N–H and O–H groups in total. The number of rotatable bonds is 5. The van der Waals surface area contributed by atoms with Crippen LogP contribution in [0, 0.1) is 5.82 Å². The lowest BCUT2D eigenvalue weighted by Gasteiger charge is -2.11. The van der Waals surface area contributed by atoms with Gasteiger partial charge in [-0.05, 0) is 41.5 Å². The summed E-state index contributed by atoms with van der Waals surface area (Å²) in [4.78, 5) is 13.9. The molecule has 1 amide bonds. The third-order valence-electron chi connectivity index (χ3n) is 3.81. The molecule has 0 unspecified atom stereocenters. The van der Waals surface area contributed by atoms with E-state index in [4.69, 9.17) is 11.6 Å². The van der Waals surface area contributed by atoms with Crippen LogP contribution in [0.25, 0.3) is 11.1 Å². The van der Waals surface area contributed by atoms with Crippen LogP contribution < -0.4 is 10.3 Å². The van der Waals surface area contributed by atoms with E-state index in [1.807, 2.05) is 10.3 Å². The Labute approximate surface area is 165 Å². The van der Waals surface area contributed by atoms with Crippen LogP contribution in [0.1, 0.15) is 10.4 Å². The van der Waals surface area contributed by atoms with E-state index in [0.29, 0.717) is 11.1 Å². The van der Waals surface area contributed by atoms with Crippen LogP contribution in [0.4, 0.5) is 4.39 Å². The Balaban J connectivity index is 1.85. The van der Waals surface area contributed by atoms with E-state index in [1.165, 1.54) is 30.3 Å². The van der Waals surface area contributed by atoms with E-state index < -0.39 is 27.3 Å². The fourth-order valence-corrected chi connectivity index (χ4v) is 3.54. The third kappa shape index (κ3) is 4.30. The number of benzene rings is 3. The van der Waals surface area contributed by atoms with E-state index in [1.54, 1.807) is 30.3 Å². The zero-order chi connectivity index (χ0) is 20.3. The van der Waals surface area contributed by atoms with Crippen molar-refractivity contribution < 1.29 is 22.7 Å². The molecule has 0 atom stereocenters. The van der Waals surface area contributed by atoms with Crippen LogP contribution in [0.5, 0.6) is 5.75 Å². The van der Waals surface area contributed by atoms with Crippen molar-refractivity contribution >= 4 is 27.5 Å². The Bertz CT molecular complexity index is 1140.